The summed E-state index contributed by atoms with van der Waals surface area (Å²) in [5.41, 5.74) is 2.86. The second kappa shape index (κ2) is 10.6. The van der Waals surface area contributed by atoms with Crippen molar-refractivity contribution in [3.63, 3.8) is 0 Å². The van der Waals surface area contributed by atoms with Gasteiger partial charge in [0.1, 0.15) is 0 Å². The normalized spacial score (nSPS) is 23.9. The maximum atomic E-state index is 13.6. The quantitative estimate of drug-likeness (QED) is 0.665. The molecule has 34 heavy (non-hydrogen) atoms. The fourth-order valence-corrected chi connectivity index (χ4v) is 6.92. The van der Waals surface area contributed by atoms with E-state index in [1.807, 2.05) is 50.2 Å². The van der Waals surface area contributed by atoms with E-state index in [1.165, 1.54) is 0 Å². The number of aryl methyl sites for hydroxylation is 1. The van der Waals surface area contributed by atoms with Crippen LogP contribution in [-0.2, 0) is 10.0 Å². The maximum absolute atomic E-state index is 13.6. The molecule has 0 aliphatic carbocycles. The summed E-state index contributed by atoms with van der Waals surface area (Å²) in [4.78, 5) is 4.72. The lowest BCUT2D eigenvalue weighted by Crippen LogP contribution is -2.67. The standard InChI is InChI=1S/C27H35N3O3S/c1-21-9-4-5-11-26(21)34(32,33)29-17-6-7-18-30-24(19-29)27(25(30)20-31)23-14-12-22(13-15-23)10-8-16-28(2)3/h4-5,9,11-15,24-25,27,31H,6-7,16-20H2,1-3H3/t24-,25+,27-/m1/s1. The molecule has 7 heteroatoms. The first-order valence-electron chi connectivity index (χ1n) is 12.0. The zero-order valence-corrected chi connectivity index (χ0v) is 21.1. The van der Waals surface area contributed by atoms with E-state index in [4.69, 9.17) is 0 Å². The Kier molecular flexibility index (Phi) is 7.76. The largest absolute Gasteiger partial charge is 0.395 e. The van der Waals surface area contributed by atoms with Gasteiger partial charge < -0.3 is 5.11 Å². The van der Waals surface area contributed by atoms with Gasteiger partial charge in [0, 0.05) is 36.7 Å². The molecule has 0 amide bonds. The lowest BCUT2D eigenvalue weighted by molar-refractivity contribution is -0.0553. The van der Waals surface area contributed by atoms with Crippen LogP contribution in [-0.4, -0.2) is 86.6 Å². The summed E-state index contributed by atoms with van der Waals surface area (Å²) in [6.07, 6.45) is 1.73. The molecule has 0 radical (unpaired) electrons. The summed E-state index contributed by atoms with van der Waals surface area (Å²) in [6, 6.07) is 15.5. The van der Waals surface area contributed by atoms with Gasteiger partial charge in [-0.25, -0.2) is 8.42 Å². The van der Waals surface area contributed by atoms with Crippen molar-refractivity contribution in [2.75, 3.05) is 46.9 Å². The minimum absolute atomic E-state index is 0.0109. The molecule has 4 rings (SSSR count). The number of rotatable bonds is 5. The molecule has 182 valence electrons. The van der Waals surface area contributed by atoms with E-state index in [2.05, 4.69) is 28.9 Å². The minimum Gasteiger partial charge on any atom is -0.395 e. The number of fused-ring (bicyclic) bond motifs is 1. The van der Waals surface area contributed by atoms with Gasteiger partial charge in [-0.1, -0.05) is 42.2 Å². The first-order chi connectivity index (χ1) is 16.3. The molecule has 0 bridgehead atoms. The highest BCUT2D eigenvalue weighted by Crippen LogP contribution is 2.42. The second-order valence-corrected chi connectivity index (χ2v) is 11.5. The highest BCUT2D eigenvalue weighted by Gasteiger charge is 2.50. The Bertz CT molecular complexity index is 1150. The van der Waals surface area contributed by atoms with Gasteiger partial charge in [0.2, 0.25) is 10.0 Å². The molecular formula is C27H35N3O3S. The molecule has 0 saturated carbocycles. The monoisotopic (exact) mass is 481 g/mol. The van der Waals surface area contributed by atoms with Gasteiger partial charge in [0.05, 0.1) is 18.0 Å². The summed E-state index contributed by atoms with van der Waals surface area (Å²) in [6.45, 7) is 4.47. The summed E-state index contributed by atoms with van der Waals surface area (Å²) < 4.78 is 28.8. The number of aliphatic hydroxyl groups excluding tert-OH is 1. The SMILES string of the molecule is Cc1ccccc1S(=O)(=O)N1CCCCN2[C@H](C1)[C@@H](c1ccc(C#CCN(C)C)cc1)[C@@H]2CO. The van der Waals surface area contributed by atoms with Crippen LogP contribution in [0.4, 0.5) is 0 Å². The van der Waals surface area contributed by atoms with Gasteiger partial charge in [0.25, 0.3) is 0 Å². The molecule has 2 aliphatic heterocycles. The first kappa shape index (κ1) is 24.9. The molecule has 0 aromatic heterocycles. The van der Waals surface area contributed by atoms with E-state index >= 15 is 0 Å². The molecule has 2 heterocycles. The third-order valence-electron chi connectivity index (χ3n) is 6.97. The van der Waals surface area contributed by atoms with E-state index in [-0.39, 0.29) is 24.6 Å². The Morgan fingerprint density at radius 1 is 1.06 bits per heavy atom. The van der Waals surface area contributed by atoms with Crippen molar-refractivity contribution in [1.82, 2.24) is 14.1 Å². The average Bonchev–Trinajstić information content (AvgIpc) is 2.78. The molecule has 0 spiro atoms. The number of sulfonamides is 1. The van der Waals surface area contributed by atoms with E-state index in [0.717, 1.165) is 36.1 Å². The minimum atomic E-state index is -3.59. The number of hydrogen-bond donors (Lipinski definition) is 1. The molecule has 6 nitrogen and oxygen atoms in total. The predicted molar refractivity (Wildman–Crippen MR) is 135 cm³/mol. The lowest BCUT2D eigenvalue weighted by atomic mass is 9.74. The Labute approximate surface area is 204 Å². The smallest absolute Gasteiger partial charge is 0.243 e. The summed E-state index contributed by atoms with van der Waals surface area (Å²) in [5, 5.41) is 10.2. The van der Waals surface area contributed by atoms with Gasteiger partial charge in [0.15, 0.2) is 0 Å². The number of benzene rings is 2. The molecule has 2 saturated heterocycles. The molecule has 2 fully saturated rings. The van der Waals surface area contributed by atoms with Gasteiger partial charge >= 0.3 is 0 Å². The topological polar surface area (TPSA) is 64.1 Å². The van der Waals surface area contributed by atoms with E-state index in [0.29, 0.717) is 24.5 Å². The number of nitrogens with zero attached hydrogens (tertiary/aromatic N) is 3. The second-order valence-electron chi connectivity index (χ2n) is 9.58. The van der Waals surface area contributed by atoms with E-state index < -0.39 is 10.0 Å². The van der Waals surface area contributed by atoms with Gasteiger partial charge in [-0.05, 0) is 69.7 Å². The van der Waals surface area contributed by atoms with Crippen LogP contribution in [0.5, 0.6) is 0 Å². The van der Waals surface area contributed by atoms with Crippen molar-refractivity contribution >= 4 is 10.0 Å². The fraction of sp³-hybridized carbons (Fsp3) is 0.481. The first-order valence-corrected chi connectivity index (χ1v) is 13.4. The van der Waals surface area contributed by atoms with Crippen LogP contribution in [0.3, 0.4) is 0 Å². The predicted octanol–water partition coefficient (Wildman–Crippen LogP) is 2.52. The zero-order chi connectivity index (χ0) is 24.3. The van der Waals surface area contributed by atoms with Crippen molar-refractivity contribution in [1.29, 1.82) is 0 Å². The number of hydrogen-bond acceptors (Lipinski definition) is 5. The van der Waals surface area contributed by atoms with Gasteiger partial charge in [-0.2, -0.15) is 4.31 Å². The van der Waals surface area contributed by atoms with Crippen molar-refractivity contribution < 1.29 is 13.5 Å². The Morgan fingerprint density at radius 2 is 1.76 bits per heavy atom. The Hall–Kier alpha value is -2.21. The maximum Gasteiger partial charge on any atom is 0.243 e. The van der Waals surface area contributed by atoms with E-state index in [9.17, 15) is 13.5 Å². The fourth-order valence-electron chi connectivity index (χ4n) is 5.20. The third-order valence-corrected chi connectivity index (χ3v) is 8.99. The summed E-state index contributed by atoms with van der Waals surface area (Å²) >= 11 is 0. The molecule has 2 aromatic carbocycles. The third kappa shape index (κ3) is 5.07. The molecule has 2 aliphatic rings. The summed E-state index contributed by atoms with van der Waals surface area (Å²) in [7, 11) is 0.399. The van der Waals surface area contributed by atoms with Crippen molar-refractivity contribution in [3.05, 3.63) is 65.2 Å². The van der Waals surface area contributed by atoms with Crippen molar-refractivity contribution in [2.45, 2.75) is 42.7 Å². The van der Waals surface area contributed by atoms with Crippen LogP contribution in [0.25, 0.3) is 0 Å². The lowest BCUT2D eigenvalue weighted by Gasteiger charge is -2.57. The molecule has 2 aromatic rings. The summed E-state index contributed by atoms with van der Waals surface area (Å²) in [5.74, 6) is 6.43. The van der Waals surface area contributed by atoms with E-state index in [1.54, 1.807) is 16.4 Å². The number of aliphatic hydroxyl groups is 1. The van der Waals surface area contributed by atoms with Crippen molar-refractivity contribution in [3.8, 4) is 11.8 Å². The van der Waals surface area contributed by atoms with Gasteiger partial charge in [-0.3, -0.25) is 9.80 Å². The van der Waals surface area contributed by atoms with Crippen LogP contribution in [0.2, 0.25) is 0 Å². The zero-order valence-electron chi connectivity index (χ0n) is 20.3. The molecule has 3 atom stereocenters. The average molecular weight is 482 g/mol. The highest BCUT2D eigenvalue weighted by atomic mass is 32.2. The van der Waals surface area contributed by atoms with Crippen LogP contribution < -0.4 is 0 Å². The van der Waals surface area contributed by atoms with Gasteiger partial charge in [-0.15, -0.1) is 0 Å². The Morgan fingerprint density at radius 3 is 2.44 bits per heavy atom. The van der Waals surface area contributed by atoms with Crippen molar-refractivity contribution in [2.24, 2.45) is 0 Å². The molecular weight excluding hydrogens is 446 g/mol. The molecule has 1 N–H and O–H groups in total. The molecule has 0 unspecified atom stereocenters. The van der Waals surface area contributed by atoms with Crippen LogP contribution in [0.1, 0.15) is 35.4 Å². The van der Waals surface area contributed by atoms with Crippen LogP contribution >= 0.6 is 0 Å². The highest BCUT2D eigenvalue weighted by molar-refractivity contribution is 7.89. The van der Waals surface area contributed by atoms with Crippen LogP contribution in [0, 0.1) is 18.8 Å². The van der Waals surface area contributed by atoms with Crippen LogP contribution in [0.15, 0.2) is 53.4 Å². The Balaban J connectivity index is 1.59.